The number of aromatic amines is 1. The van der Waals surface area contributed by atoms with Crippen LogP contribution in [0.3, 0.4) is 0 Å². The number of nitriles is 1. The van der Waals surface area contributed by atoms with Gasteiger partial charge < -0.3 is 14.8 Å². The van der Waals surface area contributed by atoms with Crippen molar-refractivity contribution in [2.75, 3.05) is 31.1 Å². The summed E-state index contributed by atoms with van der Waals surface area (Å²) < 4.78 is 0. The molecule has 1 amide bonds. The Balaban J connectivity index is 1.38. The molecule has 0 saturated carbocycles. The molecule has 130 valence electrons. The lowest BCUT2D eigenvalue weighted by Crippen LogP contribution is -2.49. The molecule has 0 spiro atoms. The number of para-hydroxylation sites is 1. The van der Waals surface area contributed by atoms with E-state index in [4.69, 9.17) is 5.26 Å². The predicted octanol–water partition coefficient (Wildman–Crippen LogP) is 2.33. The fourth-order valence-corrected chi connectivity index (χ4v) is 3.38. The van der Waals surface area contributed by atoms with Crippen molar-refractivity contribution in [1.29, 1.82) is 5.26 Å². The monoisotopic (exact) mass is 345 g/mol. The maximum absolute atomic E-state index is 12.7. The highest BCUT2D eigenvalue weighted by Gasteiger charge is 2.22. The van der Waals surface area contributed by atoms with Crippen LogP contribution in [-0.4, -0.2) is 47.0 Å². The van der Waals surface area contributed by atoms with Crippen LogP contribution in [0.1, 0.15) is 11.1 Å². The largest absolute Gasteiger partial charge is 0.361 e. The molecule has 0 bridgehead atoms. The summed E-state index contributed by atoms with van der Waals surface area (Å²) in [6.45, 7) is 2.86. The number of rotatable bonds is 3. The van der Waals surface area contributed by atoms with Crippen LogP contribution in [0.5, 0.6) is 0 Å². The second-order valence-electron chi connectivity index (χ2n) is 6.42. The van der Waals surface area contributed by atoms with Crippen LogP contribution in [0.25, 0.3) is 10.9 Å². The summed E-state index contributed by atoms with van der Waals surface area (Å²) in [6.07, 6.45) is 3.93. The third-order valence-electron chi connectivity index (χ3n) is 4.85. The fraction of sp³-hybridized carbons (Fsp3) is 0.250. The van der Waals surface area contributed by atoms with Crippen molar-refractivity contribution in [3.8, 4) is 6.07 Å². The van der Waals surface area contributed by atoms with E-state index in [0.717, 1.165) is 35.4 Å². The smallest absolute Gasteiger partial charge is 0.227 e. The molecule has 1 aromatic carbocycles. The van der Waals surface area contributed by atoms with E-state index < -0.39 is 0 Å². The number of anilines is 1. The number of carbonyl (C=O) groups is 1. The molecule has 4 rings (SSSR count). The third-order valence-corrected chi connectivity index (χ3v) is 4.85. The number of amides is 1. The highest BCUT2D eigenvalue weighted by Crippen LogP contribution is 2.20. The van der Waals surface area contributed by atoms with Crippen LogP contribution in [0.15, 0.2) is 48.8 Å². The van der Waals surface area contributed by atoms with Crippen LogP contribution in [0.4, 0.5) is 5.82 Å². The standard InChI is InChI=1S/C20H19N5O/c21-12-15-5-6-19(23-13-15)24-7-9-25(10-8-24)20(26)11-16-14-22-18-4-2-1-3-17(16)18/h1-6,13-14,22H,7-11H2. The number of benzene rings is 1. The third kappa shape index (κ3) is 3.11. The molecule has 1 aliphatic heterocycles. The van der Waals surface area contributed by atoms with Gasteiger partial charge in [-0.05, 0) is 23.8 Å². The minimum Gasteiger partial charge on any atom is -0.361 e. The molecule has 6 nitrogen and oxygen atoms in total. The lowest BCUT2D eigenvalue weighted by atomic mass is 10.1. The Kier molecular flexibility index (Phi) is 4.28. The molecule has 3 aromatic rings. The minimum atomic E-state index is 0.155. The summed E-state index contributed by atoms with van der Waals surface area (Å²) in [7, 11) is 0. The molecule has 0 radical (unpaired) electrons. The van der Waals surface area contributed by atoms with Gasteiger partial charge in [-0.15, -0.1) is 0 Å². The van der Waals surface area contributed by atoms with E-state index in [9.17, 15) is 4.79 Å². The zero-order valence-electron chi connectivity index (χ0n) is 14.4. The first-order valence-corrected chi connectivity index (χ1v) is 8.68. The van der Waals surface area contributed by atoms with E-state index >= 15 is 0 Å². The number of nitrogens with zero attached hydrogens (tertiary/aromatic N) is 4. The van der Waals surface area contributed by atoms with Gasteiger partial charge in [-0.1, -0.05) is 18.2 Å². The van der Waals surface area contributed by atoms with Crippen molar-refractivity contribution >= 4 is 22.6 Å². The first kappa shape index (κ1) is 16.2. The second kappa shape index (κ2) is 6.89. The van der Waals surface area contributed by atoms with Gasteiger partial charge in [0.05, 0.1) is 12.0 Å². The van der Waals surface area contributed by atoms with Gasteiger partial charge in [0, 0.05) is 49.5 Å². The normalized spacial score (nSPS) is 14.4. The van der Waals surface area contributed by atoms with Crippen LogP contribution in [-0.2, 0) is 11.2 Å². The Bertz CT molecular complexity index is 962. The van der Waals surface area contributed by atoms with Crippen LogP contribution >= 0.6 is 0 Å². The van der Waals surface area contributed by atoms with E-state index in [-0.39, 0.29) is 5.91 Å². The Labute approximate surface area is 151 Å². The Hall–Kier alpha value is -3.33. The van der Waals surface area contributed by atoms with Gasteiger partial charge in [0.1, 0.15) is 11.9 Å². The highest BCUT2D eigenvalue weighted by atomic mass is 16.2. The summed E-state index contributed by atoms with van der Waals surface area (Å²) >= 11 is 0. The lowest BCUT2D eigenvalue weighted by molar-refractivity contribution is -0.130. The summed E-state index contributed by atoms with van der Waals surface area (Å²) in [5.41, 5.74) is 2.66. The van der Waals surface area contributed by atoms with Gasteiger partial charge in [-0.25, -0.2) is 4.98 Å². The summed E-state index contributed by atoms with van der Waals surface area (Å²) in [5, 5.41) is 9.97. The number of fused-ring (bicyclic) bond motifs is 1. The molecular formula is C20H19N5O. The average molecular weight is 345 g/mol. The maximum atomic E-state index is 12.7. The molecule has 0 unspecified atom stereocenters. The van der Waals surface area contributed by atoms with E-state index in [1.165, 1.54) is 0 Å². The molecule has 0 atom stereocenters. The zero-order valence-corrected chi connectivity index (χ0v) is 14.4. The second-order valence-corrected chi connectivity index (χ2v) is 6.42. The van der Waals surface area contributed by atoms with Crippen molar-refractivity contribution in [2.24, 2.45) is 0 Å². The average Bonchev–Trinajstić information content (AvgIpc) is 3.11. The van der Waals surface area contributed by atoms with Gasteiger partial charge in [0.2, 0.25) is 5.91 Å². The highest BCUT2D eigenvalue weighted by molar-refractivity contribution is 5.89. The number of piperazine rings is 1. The summed E-state index contributed by atoms with van der Waals surface area (Å²) in [5.74, 6) is 1.01. The van der Waals surface area contributed by atoms with Crippen LogP contribution in [0.2, 0.25) is 0 Å². The van der Waals surface area contributed by atoms with Crippen molar-refractivity contribution in [3.05, 3.63) is 59.9 Å². The van der Waals surface area contributed by atoms with Crippen molar-refractivity contribution in [2.45, 2.75) is 6.42 Å². The van der Waals surface area contributed by atoms with Gasteiger partial charge in [-0.2, -0.15) is 5.26 Å². The SMILES string of the molecule is N#Cc1ccc(N2CCN(C(=O)Cc3c[nH]c4ccccc34)CC2)nc1. The Morgan fingerprint density at radius 3 is 2.69 bits per heavy atom. The first-order chi connectivity index (χ1) is 12.7. The molecule has 26 heavy (non-hydrogen) atoms. The van der Waals surface area contributed by atoms with E-state index in [1.54, 1.807) is 12.3 Å². The van der Waals surface area contributed by atoms with Gasteiger partial charge >= 0.3 is 0 Å². The van der Waals surface area contributed by atoms with Gasteiger partial charge in [-0.3, -0.25) is 4.79 Å². The number of hydrogen-bond acceptors (Lipinski definition) is 4. The lowest BCUT2D eigenvalue weighted by Gasteiger charge is -2.35. The van der Waals surface area contributed by atoms with Gasteiger partial charge in [0.15, 0.2) is 0 Å². The Morgan fingerprint density at radius 1 is 1.15 bits per heavy atom. The number of hydrogen-bond donors (Lipinski definition) is 1. The minimum absolute atomic E-state index is 0.155. The molecular weight excluding hydrogens is 326 g/mol. The Morgan fingerprint density at radius 2 is 1.96 bits per heavy atom. The van der Waals surface area contributed by atoms with E-state index in [1.807, 2.05) is 41.4 Å². The molecule has 1 aliphatic rings. The van der Waals surface area contributed by atoms with Gasteiger partial charge in [0.25, 0.3) is 0 Å². The molecule has 1 fully saturated rings. The quantitative estimate of drug-likeness (QED) is 0.790. The molecule has 2 aromatic heterocycles. The topological polar surface area (TPSA) is 76.0 Å². The van der Waals surface area contributed by atoms with Crippen molar-refractivity contribution < 1.29 is 4.79 Å². The number of H-pyrrole nitrogens is 1. The fourth-order valence-electron chi connectivity index (χ4n) is 3.38. The van der Waals surface area contributed by atoms with Crippen LogP contribution in [0, 0.1) is 11.3 Å². The predicted molar refractivity (Wildman–Crippen MR) is 99.7 cm³/mol. The summed E-state index contributed by atoms with van der Waals surface area (Å²) in [6, 6.07) is 13.8. The molecule has 0 aliphatic carbocycles. The number of pyridine rings is 1. The number of carbonyl (C=O) groups excluding carboxylic acids is 1. The molecule has 6 heteroatoms. The number of nitrogens with one attached hydrogen (secondary N) is 1. The molecule has 1 N–H and O–H groups in total. The summed E-state index contributed by atoms with van der Waals surface area (Å²) in [4.78, 5) is 24.3. The van der Waals surface area contributed by atoms with Crippen molar-refractivity contribution in [3.63, 3.8) is 0 Å². The van der Waals surface area contributed by atoms with E-state index in [0.29, 0.717) is 25.1 Å². The first-order valence-electron chi connectivity index (χ1n) is 8.68. The molecule has 3 heterocycles. The van der Waals surface area contributed by atoms with Crippen molar-refractivity contribution in [1.82, 2.24) is 14.9 Å². The van der Waals surface area contributed by atoms with Crippen LogP contribution < -0.4 is 4.90 Å². The maximum Gasteiger partial charge on any atom is 0.227 e. The van der Waals surface area contributed by atoms with E-state index in [2.05, 4.69) is 20.9 Å². The number of aromatic nitrogens is 2. The zero-order chi connectivity index (χ0) is 17.9. The molecule has 1 saturated heterocycles.